The number of aromatic nitrogens is 1. The number of rotatable bonds is 5. The largest absolute Gasteiger partial charge is 0.481 e. The lowest BCUT2D eigenvalue weighted by molar-refractivity contribution is -0.384. The molecule has 1 amide bonds. The maximum absolute atomic E-state index is 11.5. The van der Waals surface area contributed by atoms with Crippen LogP contribution in [-0.4, -0.2) is 29.0 Å². The molecule has 0 atom stereocenters. The average molecular weight is 374 g/mol. The summed E-state index contributed by atoms with van der Waals surface area (Å²) in [5, 5.41) is 18.2. The highest BCUT2D eigenvalue weighted by atomic mass is 32.1. The minimum Gasteiger partial charge on any atom is -0.481 e. The molecule has 0 saturated carbocycles. The first kappa shape index (κ1) is 16.8. The molecule has 136 valence electrons. The van der Waals surface area contributed by atoms with E-state index in [4.69, 9.17) is 4.74 Å². The number of benzene rings is 1. The van der Waals surface area contributed by atoms with Crippen molar-refractivity contribution >= 4 is 34.3 Å². The summed E-state index contributed by atoms with van der Waals surface area (Å²) in [5.41, 5.74) is 1.95. The first-order valence-corrected chi connectivity index (χ1v) is 9.38. The van der Waals surface area contributed by atoms with E-state index in [0.29, 0.717) is 30.1 Å². The summed E-state index contributed by atoms with van der Waals surface area (Å²) >= 11 is 1.74. The van der Waals surface area contributed by atoms with Crippen molar-refractivity contribution < 1.29 is 14.5 Å². The molecule has 1 aromatic heterocycles. The number of hydrogen-bond donors (Lipinski definition) is 2. The zero-order chi connectivity index (χ0) is 18.1. The van der Waals surface area contributed by atoms with E-state index < -0.39 is 4.92 Å². The lowest BCUT2D eigenvalue weighted by Crippen LogP contribution is -2.25. The minimum absolute atomic E-state index is 0.0710. The van der Waals surface area contributed by atoms with Gasteiger partial charge in [-0.25, -0.2) is 4.98 Å². The molecule has 0 spiro atoms. The fourth-order valence-corrected chi connectivity index (χ4v) is 4.38. The van der Waals surface area contributed by atoms with Gasteiger partial charge in [0.2, 0.25) is 0 Å². The molecular formula is C17H18N4O4S. The zero-order valence-electron chi connectivity index (χ0n) is 14.0. The summed E-state index contributed by atoms with van der Waals surface area (Å²) < 4.78 is 5.25. The number of fused-ring (bicyclic) bond motifs is 2. The van der Waals surface area contributed by atoms with E-state index in [-0.39, 0.29) is 18.2 Å². The number of thiazole rings is 1. The second kappa shape index (κ2) is 6.91. The average Bonchev–Trinajstić information content (AvgIpc) is 3.03. The van der Waals surface area contributed by atoms with Gasteiger partial charge in [0.1, 0.15) is 5.69 Å². The first-order valence-electron chi connectivity index (χ1n) is 8.56. The predicted molar refractivity (Wildman–Crippen MR) is 98.2 cm³/mol. The first-order chi connectivity index (χ1) is 12.6. The Labute approximate surface area is 153 Å². The SMILES string of the molecule is O=C1COc2cc([N+](=O)[O-])c(NCCc3nc4c(s3)CCCC4)cc2N1. The molecule has 2 aromatic rings. The van der Waals surface area contributed by atoms with Crippen LogP contribution in [0.3, 0.4) is 0 Å². The Hall–Kier alpha value is -2.68. The second-order valence-corrected chi connectivity index (χ2v) is 7.49. The molecule has 2 aliphatic rings. The molecule has 0 radical (unpaired) electrons. The van der Waals surface area contributed by atoms with Gasteiger partial charge in [0, 0.05) is 17.8 Å². The molecule has 1 aliphatic heterocycles. The Kier molecular flexibility index (Phi) is 4.46. The molecule has 2 N–H and O–H groups in total. The normalized spacial score (nSPS) is 15.5. The molecule has 1 aliphatic carbocycles. The Morgan fingerprint density at radius 1 is 1.35 bits per heavy atom. The third-order valence-corrected chi connectivity index (χ3v) is 5.69. The monoisotopic (exact) mass is 374 g/mol. The van der Waals surface area contributed by atoms with Gasteiger partial charge in [0.15, 0.2) is 12.4 Å². The predicted octanol–water partition coefficient (Wildman–Crippen LogP) is 2.92. The molecule has 1 aromatic carbocycles. The summed E-state index contributed by atoms with van der Waals surface area (Å²) in [5.74, 6) is 0.0418. The van der Waals surface area contributed by atoms with Crippen molar-refractivity contribution in [2.45, 2.75) is 32.1 Å². The van der Waals surface area contributed by atoms with E-state index in [1.807, 2.05) is 0 Å². The number of ether oxygens (including phenoxy) is 1. The van der Waals surface area contributed by atoms with Crippen LogP contribution >= 0.6 is 11.3 Å². The quantitative estimate of drug-likeness (QED) is 0.616. The van der Waals surface area contributed by atoms with Crippen molar-refractivity contribution in [2.75, 3.05) is 23.8 Å². The number of carbonyl (C=O) groups is 1. The second-order valence-electron chi connectivity index (χ2n) is 6.32. The highest BCUT2D eigenvalue weighted by Crippen LogP contribution is 2.37. The standard InChI is InChI=1S/C17H18N4O4S/c22-16-9-25-14-8-13(21(23)24)11(7-12(14)19-16)18-6-5-17-20-10-3-1-2-4-15(10)26-17/h7-8,18H,1-6,9H2,(H,19,22). The fourth-order valence-electron chi connectivity index (χ4n) is 3.22. The number of nitrogens with zero attached hydrogens (tertiary/aromatic N) is 2. The van der Waals surface area contributed by atoms with Crippen molar-refractivity contribution in [1.29, 1.82) is 0 Å². The van der Waals surface area contributed by atoms with Crippen LogP contribution < -0.4 is 15.4 Å². The van der Waals surface area contributed by atoms with Crippen molar-refractivity contribution in [3.63, 3.8) is 0 Å². The van der Waals surface area contributed by atoms with E-state index >= 15 is 0 Å². The smallest absolute Gasteiger partial charge is 0.296 e. The third-order valence-electron chi connectivity index (χ3n) is 4.47. The van der Waals surface area contributed by atoms with Gasteiger partial charge in [-0.15, -0.1) is 11.3 Å². The third kappa shape index (κ3) is 3.34. The number of nitro groups is 1. The van der Waals surface area contributed by atoms with Crippen LogP contribution in [0.2, 0.25) is 0 Å². The van der Waals surface area contributed by atoms with Crippen molar-refractivity contribution in [1.82, 2.24) is 4.98 Å². The van der Waals surface area contributed by atoms with E-state index in [1.54, 1.807) is 17.4 Å². The van der Waals surface area contributed by atoms with Gasteiger partial charge in [0.25, 0.3) is 11.6 Å². The Balaban J connectivity index is 1.48. The topological polar surface area (TPSA) is 106 Å². The molecule has 0 bridgehead atoms. The number of nitrogens with one attached hydrogen (secondary N) is 2. The highest BCUT2D eigenvalue weighted by Gasteiger charge is 2.23. The molecular weight excluding hydrogens is 356 g/mol. The van der Waals surface area contributed by atoms with Gasteiger partial charge in [-0.3, -0.25) is 14.9 Å². The Bertz CT molecular complexity index is 856. The fraction of sp³-hybridized carbons (Fsp3) is 0.412. The molecule has 4 rings (SSSR count). The van der Waals surface area contributed by atoms with Crippen LogP contribution in [0.5, 0.6) is 5.75 Å². The van der Waals surface area contributed by atoms with Gasteiger partial charge in [-0.2, -0.15) is 0 Å². The highest BCUT2D eigenvalue weighted by molar-refractivity contribution is 7.11. The summed E-state index contributed by atoms with van der Waals surface area (Å²) in [7, 11) is 0. The number of hydrogen-bond acceptors (Lipinski definition) is 7. The van der Waals surface area contributed by atoms with E-state index in [0.717, 1.165) is 17.8 Å². The van der Waals surface area contributed by atoms with E-state index in [9.17, 15) is 14.9 Å². The van der Waals surface area contributed by atoms with Crippen molar-refractivity contribution in [3.8, 4) is 5.75 Å². The summed E-state index contributed by atoms with van der Waals surface area (Å²) in [6.45, 7) is 0.395. The molecule has 8 nitrogen and oxygen atoms in total. The summed E-state index contributed by atoms with van der Waals surface area (Å²) in [4.78, 5) is 28.4. The van der Waals surface area contributed by atoms with Gasteiger partial charge in [-0.05, 0) is 31.7 Å². The number of carbonyl (C=O) groups excluding carboxylic acids is 1. The Morgan fingerprint density at radius 2 is 2.19 bits per heavy atom. The van der Waals surface area contributed by atoms with Crippen LogP contribution in [0.25, 0.3) is 0 Å². The van der Waals surface area contributed by atoms with Gasteiger partial charge < -0.3 is 15.4 Å². The van der Waals surface area contributed by atoms with Gasteiger partial charge in [0.05, 0.1) is 27.4 Å². The molecule has 0 unspecified atom stereocenters. The summed E-state index contributed by atoms with van der Waals surface area (Å²) in [6.07, 6.45) is 5.28. The zero-order valence-corrected chi connectivity index (χ0v) is 14.9. The van der Waals surface area contributed by atoms with Crippen LogP contribution in [-0.2, 0) is 24.1 Å². The molecule has 2 heterocycles. The van der Waals surface area contributed by atoms with Crippen molar-refractivity contribution in [2.24, 2.45) is 0 Å². The number of aryl methyl sites for hydroxylation is 2. The van der Waals surface area contributed by atoms with Crippen LogP contribution in [0.15, 0.2) is 12.1 Å². The number of anilines is 2. The maximum atomic E-state index is 11.5. The van der Waals surface area contributed by atoms with Crippen LogP contribution in [0.1, 0.15) is 28.4 Å². The molecule has 9 heteroatoms. The van der Waals surface area contributed by atoms with Crippen LogP contribution in [0.4, 0.5) is 17.1 Å². The van der Waals surface area contributed by atoms with Gasteiger partial charge >= 0.3 is 0 Å². The minimum atomic E-state index is -0.454. The van der Waals surface area contributed by atoms with Crippen LogP contribution in [0, 0.1) is 10.1 Å². The van der Waals surface area contributed by atoms with E-state index in [1.165, 1.54) is 29.5 Å². The van der Waals surface area contributed by atoms with Gasteiger partial charge in [-0.1, -0.05) is 0 Å². The lowest BCUT2D eigenvalue weighted by atomic mass is 10.0. The maximum Gasteiger partial charge on any atom is 0.296 e. The van der Waals surface area contributed by atoms with Crippen molar-refractivity contribution in [3.05, 3.63) is 37.8 Å². The van der Waals surface area contributed by atoms with E-state index in [2.05, 4.69) is 15.6 Å². The summed E-state index contributed by atoms with van der Waals surface area (Å²) in [6, 6.07) is 2.90. The Morgan fingerprint density at radius 3 is 3.00 bits per heavy atom. The molecule has 0 saturated heterocycles. The molecule has 0 fully saturated rings. The molecule has 26 heavy (non-hydrogen) atoms. The number of nitro benzene ring substituents is 1. The number of amides is 1. The lowest BCUT2D eigenvalue weighted by Gasteiger charge is -2.19.